The highest BCUT2D eigenvalue weighted by Crippen LogP contribution is 2.24. The highest BCUT2D eigenvalue weighted by atomic mass is 16.6. The molecule has 4 heterocycles. The van der Waals surface area contributed by atoms with Gasteiger partial charge in [0.1, 0.15) is 5.60 Å². The summed E-state index contributed by atoms with van der Waals surface area (Å²) >= 11 is 0. The fourth-order valence-electron chi connectivity index (χ4n) is 4.68. The number of aryl methyl sites for hydroxylation is 1. The fraction of sp³-hybridized carbons (Fsp3) is 0.385. The van der Waals surface area contributed by atoms with Crippen molar-refractivity contribution in [1.29, 1.82) is 0 Å². The zero-order valence-corrected chi connectivity index (χ0v) is 20.4. The molecule has 1 aliphatic heterocycles. The molecule has 0 aliphatic carbocycles. The molecule has 1 amide bonds. The first kappa shape index (κ1) is 22.9. The van der Waals surface area contributed by atoms with Crippen molar-refractivity contribution in [2.75, 3.05) is 13.1 Å². The van der Waals surface area contributed by atoms with Crippen LogP contribution < -0.4 is 11.1 Å². The number of benzene rings is 1. The van der Waals surface area contributed by atoms with Crippen molar-refractivity contribution in [2.24, 2.45) is 7.05 Å². The van der Waals surface area contributed by atoms with E-state index in [1.807, 2.05) is 45.2 Å². The number of amides is 1. The van der Waals surface area contributed by atoms with E-state index < -0.39 is 5.60 Å². The molecular weight excluding hydrogens is 446 g/mol. The van der Waals surface area contributed by atoms with Crippen LogP contribution in [0.5, 0.6) is 0 Å². The molecule has 0 unspecified atom stereocenters. The lowest BCUT2D eigenvalue weighted by Crippen LogP contribution is -2.43. The molecule has 3 aromatic heterocycles. The summed E-state index contributed by atoms with van der Waals surface area (Å²) in [4.78, 5) is 40.3. The zero-order chi connectivity index (χ0) is 24.9. The van der Waals surface area contributed by atoms with Crippen LogP contribution in [0.15, 0.2) is 58.5 Å². The van der Waals surface area contributed by atoms with Crippen molar-refractivity contribution < 1.29 is 9.53 Å². The number of aromatic nitrogens is 4. The van der Waals surface area contributed by atoms with E-state index in [9.17, 15) is 14.4 Å². The van der Waals surface area contributed by atoms with E-state index in [0.29, 0.717) is 47.9 Å². The van der Waals surface area contributed by atoms with Crippen LogP contribution in [0.4, 0.5) is 4.79 Å². The number of carbonyl (C=O) groups excluding carboxylic acids is 1. The molecule has 9 heteroatoms. The molecule has 0 radical (unpaired) electrons. The average molecular weight is 476 g/mol. The maximum absolute atomic E-state index is 13.3. The number of pyridine rings is 2. The third kappa shape index (κ3) is 4.34. The summed E-state index contributed by atoms with van der Waals surface area (Å²) in [6.07, 6.45) is 6.29. The first-order valence-corrected chi connectivity index (χ1v) is 11.8. The van der Waals surface area contributed by atoms with Gasteiger partial charge in [0.05, 0.1) is 10.9 Å². The van der Waals surface area contributed by atoms with Gasteiger partial charge in [0.15, 0.2) is 0 Å². The summed E-state index contributed by atoms with van der Waals surface area (Å²) in [6.45, 7) is 6.65. The Morgan fingerprint density at radius 3 is 2.46 bits per heavy atom. The lowest BCUT2D eigenvalue weighted by atomic mass is 10.0. The predicted octanol–water partition coefficient (Wildman–Crippen LogP) is 3.61. The van der Waals surface area contributed by atoms with Gasteiger partial charge in [-0.05, 0) is 69.3 Å². The molecule has 0 saturated carbocycles. The van der Waals surface area contributed by atoms with Crippen LogP contribution in [0.3, 0.4) is 0 Å². The summed E-state index contributed by atoms with van der Waals surface area (Å²) in [7, 11) is 1.78. The first-order chi connectivity index (χ1) is 16.6. The van der Waals surface area contributed by atoms with Crippen molar-refractivity contribution in [3.63, 3.8) is 0 Å². The van der Waals surface area contributed by atoms with E-state index in [2.05, 4.69) is 5.10 Å². The molecule has 182 valence electrons. The SMILES string of the molecule is Cn1cc2c(=O)n(-c3ccc4c(=O)n(C5CCN(C(=O)OC(C)(C)C)CC5)ccc4c3)ccc2n1. The van der Waals surface area contributed by atoms with Gasteiger partial charge in [0.2, 0.25) is 0 Å². The number of fused-ring (bicyclic) bond motifs is 2. The minimum Gasteiger partial charge on any atom is -0.444 e. The molecule has 0 bridgehead atoms. The monoisotopic (exact) mass is 475 g/mol. The van der Waals surface area contributed by atoms with Gasteiger partial charge in [-0.15, -0.1) is 0 Å². The predicted molar refractivity (Wildman–Crippen MR) is 134 cm³/mol. The van der Waals surface area contributed by atoms with Crippen molar-refractivity contribution in [3.05, 3.63) is 69.6 Å². The molecule has 0 atom stereocenters. The molecule has 4 aromatic rings. The van der Waals surface area contributed by atoms with E-state index >= 15 is 0 Å². The standard InChI is InChI=1S/C26H29N5O4/c1-26(2,3)35-25(34)29-11-8-18(9-12-29)30-13-7-17-15-19(5-6-20(17)23(30)32)31-14-10-22-21(24(31)33)16-28(4)27-22/h5-7,10,13-16,18H,8-9,11-12H2,1-4H3. The maximum atomic E-state index is 13.3. The molecule has 0 spiro atoms. The van der Waals surface area contributed by atoms with Crippen LogP contribution in [-0.4, -0.2) is 48.6 Å². The zero-order valence-electron chi connectivity index (χ0n) is 20.4. The van der Waals surface area contributed by atoms with Crippen molar-refractivity contribution >= 4 is 27.8 Å². The van der Waals surface area contributed by atoms with Gasteiger partial charge >= 0.3 is 6.09 Å². The number of piperidine rings is 1. The van der Waals surface area contributed by atoms with Crippen LogP contribution in [0.25, 0.3) is 27.4 Å². The minimum atomic E-state index is -0.531. The summed E-state index contributed by atoms with van der Waals surface area (Å²) in [6, 6.07) is 9.16. The van der Waals surface area contributed by atoms with Crippen molar-refractivity contribution in [3.8, 4) is 5.69 Å². The number of ether oxygens (including phenoxy) is 1. The van der Waals surface area contributed by atoms with Crippen LogP contribution in [0.2, 0.25) is 0 Å². The summed E-state index contributed by atoms with van der Waals surface area (Å²) in [5, 5.41) is 6.20. The molecular formula is C26H29N5O4. The highest BCUT2D eigenvalue weighted by Gasteiger charge is 2.28. The lowest BCUT2D eigenvalue weighted by molar-refractivity contribution is 0.0187. The molecule has 1 aliphatic rings. The first-order valence-electron chi connectivity index (χ1n) is 11.8. The quantitative estimate of drug-likeness (QED) is 0.442. The molecule has 0 N–H and O–H groups in total. The smallest absolute Gasteiger partial charge is 0.410 e. The molecule has 9 nitrogen and oxygen atoms in total. The number of nitrogens with zero attached hydrogens (tertiary/aromatic N) is 5. The van der Waals surface area contributed by atoms with Gasteiger partial charge in [-0.2, -0.15) is 5.10 Å². The maximum Gasteiger partial charge on any atom is 0.410 e. The van der Waals surface area contributed by atoms with Crippen LogP contribution in [0.1, 0.15) is 39.7 Å². The van der Waals surface area contributed by atoms with E-state index in [4.69, 9.17) is 4.74 Å². The van der Waals surface area contributed by atoms with Gasteiger partial charge in [0, 0.05) is 55.8 Å². The normalized spacial score (nSPS) is 15.1. The largest absolute Gasteiger partial charge is 0.444 e. The van der Waals surface area contributed by atoms with Crippen LogP contribution in [-0.2, 0) is 11.8 Å². The van der Waals surface area contributed by atoms with Gasteiger partial charge in [-0.25, -0.2) is 4.79 Å². The lowest BCUT2D eigenvalue weighted by Gasteiger charge is -2.34. The Kier molecular flexibility index (Phi) is 5.50. The fourth-order valence-corrected chi connectivity index (χ4v) is 4.68. The summed E-state index contributed by atoms with van der Waals surface area (Å²) in [5.41, 5.74) is 0.586. The van der Waals surface area contributed by atoms with Crippen molar-refractivity contribution in [2.45, 2.75) is 45.3 Å². The Morgan fingerprint density at radius 2 is 1.74 bits per heavy atom. The molecule has 1 aromatic carbocycles. The Labute approximate surface area is 202 Å². The highest BCUT2D eigenvalue weighted by molar-refractivity contribution is 5.84. The third-order valence-corrected chi connectivity index (χ3v) is 6.39. The number of carbonyl (C=O) groups is 1. The molecule has 1 fully saturated rings. The molecule has 5 rings (SSSR count). The van der Waals surface area contributed by atoms with Gasteiger partial charge in [-0.1, -0.05) is 0 Å². The Balaban J connectivity index is 1.40. The summed E-state index contributed by atoms with van der Waals surface area (Å²) < 4.78 is 10.4. The summed E-state index contributed by atoms with van der Waals surface area (Å²) in [5.74, 6) is 0. The Bertz CT molecular complexity index is 1550. The third-order valence-electron chi connectivity index (χ3n) is 6.39. The van der Waals surface area contributed by atoms with E-state index in [1.54, 1.807) is 50.3 Å². The van der Waals surface area contributed by atoms with Crippen molar-refractivity contribution in [1.82, 2.24) is 23.8 Å². The Morgan fingerprint density at radius 1 is 1.00 bits per heavy atom. The number of likely N-dealkylation sites (tertiary alicyclic amines) is 1. The van der Waals surface area contributed by atoms with E-state index in [-0.39, 0.29) is 23.3 Å². The second-order valence-corrected chi connectivity index (χ2v) is 10.1. The van der Waals surface area contributed by atoms with Gasteiger partial charge in [-0.3, -0.25) is 18.8 Å². The second kappa shape index (κ2) is 8.41. The Hall–Kier alpha value is -3.88. The molecule has 1 saturated heterocycles. The van der Waals surface area contributed by atoms with E-state index in [0.717, 1.165) is 5.39 Å². The average Bonchev–Trinajstić information content (AvgIpc) is 3.20. The topological polar surface area (TPSA) is 91.4 Å². The number of hydrogen-bond donors (Lipinski definition) is 0. The van der Waals surface area contributed by atoms with Gasteiger partial charge in [0.25, 0.3) is 11.1 Å². The minimum absolute atomic E-state index is 0.0147. The number of rotatable bonds is 2. The molecule has 35 heavy (non-hydrogen) atoms. The second-order valence-electron chi connectivity index (χ2n) is 10.1. The van der Waals surface area contributed by atoms with Gasteiger partial charge < -0.3 is 14.2 Å². The van der Waals surface area contributed by atoms with Crippen LogP contribution >= 0.6 is 0 Å². The van der Waals surface area contributed by atoms with E-state index in [1.165, 1.54) is 0 Å². The van der Waals surface area contributed by atoms with Crippen LogP contribution in [0, 0.1) is 0 Å². The number of hydrogen-bond acceptors (Lipinski definition) is 5.